The Hall–Kier alpha value is -3.16. The van der Waals surface area contributed by atoms with Crippen molar-refractivity contribution < 1.29 is 19.4 Å². The molecule has 1 unspecified atom stereocenters. The molecule has 0 fully saturated rings. The van der Waals surface area contributed by atoms with Crippen molar-refractivity contribution in [3.8, 4) is 22.9 Å². The highest BCUT2D eigenvalue weighted by molar-refractivity contribution is 7.18. The number of fused-ring (bicyclic) bond motifs is 1. The predicted octanol–water partition coefficient (Wildman–Crippen LogP) is 5.63. The summed E-state index contributed by atoms with van der Waals surface area (Å²) in [6, 6.07) is 11.4. The van der Waals surface area contributed by atoms with Gasteiger partial charge in [-0.2, -0.15) is 0 Å². The number of methoxy groups -OCH3 is 2. The Morgan fingerprint density at radius 1 is 1.15 bits per heavy atom. The zero-order chi connectivity index (χ0) is 23.7. The molecule has 6 nitrogen and oxygen atoms in total. The van der Waals surface area contributed by atoms with Gasteiger partial charge in [-0.15, -0.1) is 11.3 Å². The van der Waals surface area contributed by atoms with Gasteiger partial charge in [0, 0.05) is 45.8 Å². The van der Waals surface area contributed by atoms with Gasteiger partial charge in [0.2, 0.25) is 0 Å². The molecule has 1 N–H and O–H groups in total. The van der Waals surface area contributed by atoms with E-state index >= 15 is 0 Å². The number of ketones is 1. The number of rotatable bonds is 8. The second-order valence-corrected chi connectivity index (χ2v) is 8.99. The van der Waals surface area contributed by atoms with E-state index in [1.165, 1.54) is 17.4 Å². The number of carbonyl (C=O) groups excluding carboxylic acids is 1. The molecule has 4 rings (SSSR count). The Kier molecular flexibility index (Phi) is 6.54. The van der Waals surface area contributed by atoms with Crippen LogP contribution in [0.4, 0.5) is 0 Å². The zero-order valence-corrected chi connectivity index (χ0v) is 20.3. The third-order valence-corrected chi connectivity index (χ3v) is 7.25. The molecule has 7 heteroatoms. The molecular weight excluding hydrogens is 436 g/mol. The van der Waals surface area contributed by atoms with E-state index < -0.39 is 6.10 Å². The summed E-state index contributed by atoms with van der Waals surface area (Å²) < 4.78 is 13.8. The molecular formula is C26H28N2O4S. The van der Waals surface area contributed by atoms with Crippen LogP contribution in [0.5, 0.6) is 11.5 Å². The van der Waals surface area contributed by atoms with Crippen LogP contribution >= 0.6 is 11.3 Å². The lowest BCUT2D eigenvalue weighted by molar-refractivity contribution is 0.0937. The Labute approximate surface area is 197 Å². The van der Waals surface area contributed by atoms with Crippen LogP contribution in [0.2, 0.25) is 0 Å². The van der Waals surface area contributed by atoms with Gasteiger partial charge < -0.3 is 19.1 Å². The number of aliphatic hydroxyl groups is 1. The van der Waals surface area contributed by atoms with Gasteiger partial charge in [0.25, 0.3) is 0 Å². The molecule has 0 radical (unpaired) electrons. The first kappa shape index (κ1) is 23.0. The molecule has 1 atom stereocenters. The maximum absolute atomic E-state index is 12.7. The van der Waals surface area contributed by atoms with Gasteiger partial charge in [-0.3, -0.25) is 4.79 Å². The molecule has 33 heavy (non-hydrogen) atoms. The molecule has 0 amide bonds. The fourth-order valence-electron chi connectivity index (χ4n) is 4.09. The van der Waals surface area contributed by atoms with Gasteiger partial charge in [0.15, 0.2) is 17.3 Å². The monoisotopic (exact) mass is 464 g/mol. The van der Waals surface area contributed by atoms with Crippen LogP contribution in [0, 0.1) is 13.8 Å². The van der Waals surface area contributed by atoms with Gasteiger partial charge in [-0.25, -0.2) is 4.98 Å². The average molecular weight is 465 g/mol. The van der Waals surface area contributed by atoms with Crippen molar-refractivity contribution in [2.75, 3.05) is 14.2 Å². The lowest BCUT2D eigenvalue weighted by atomic mass is 10.0. The first-order valence-corrected chi connectivity index (χ1v) is 11.7. The van der Waals surface area contributed by atoms with Gasteiger partial charge in [-0.05, 0) is 44.0 Å². The summed E-state index contributed by atoms with van der Waals surface area (Å²) in [6.45, 7) is 4.06. The lowest BCUT2D eigenvalue weighted by Crippen LogP contribution is -2.06. The van der Waals surface area contributed by atoms with Crippen molar-refractivity contribution in [2.24, 2.45) is 7.05 Å². The van der Waals surface area contributed by atoms with Gasteiger partial charge in [0.1, 0.15) is 5.82 Å². The molecule has 2 aromatic carbocycles. The van der Waals surface area contributed by atoms with E-state index in [0.717, 1.165) is 22.5 Å². The largest absolute Gasteiger partial charge is 0.493 e. The number of hydrogen-bond acceptors (Lipinski definition) is 6. The predicted molar refractivity (Wildman–Crippen MR) is 132 cm³/mol. The van der Waals surface area contributed by atoms with E-state index in [9.17, 15) is 9.90 Å². The van der Waals surface area contributed by atoms with E-state index in [4.69, 9.17) is 14.5 Å². The van der Waals surface area contributed by atoms with Crippen molar-refractivity contribution >= 4 is 27.2 Å². The van der Waals surface area contributed by atoms with Gasteiger partial charge in [-0.1, -0.05) is 18.2 Å². The van der Waals surface area contributed by atoms with Crippen LogP contribution in [0.3, 0.4) is 0 Å². The summed E-state index contributed by atoms with van der Waals surface area (Å²) in [5, 5.41) is 14.2. The number of hydrogen-bond donors (Lipinski definition) is 1. The van der Waals surface area contributed by atoms with E-state index in [0.29, 0.717) is 22.8 Å². The molecule has 0 bridgehead atoms. The molecule has 0 aliphatic carbocycles. The van der Waals surface area contributed by atoms with Crippen molar-refractivity contribution in [2.45, 2.75) is 32.8 Å². The molecule has 0 spiro atoms. The molecule has 172 valence electrons. The fraction of sp³-hybridized carbons (Fsp3) is 0.308. The summed E-state index contributed by atoms with van der Waals surface area (Å²) in [4.78, 5) is 17.5. The van der Waals surface area contributed by atoms with Crippen LogP contribution in [0.15, 0.2) is 41.8 Å². The first-order valence-electron chi connectivity index (χ1n) is 10.8. The maximum Gasteiger partial charge on any atom is 0.163 e. The zero-order valence-electron chi connectivity index (χ0n) is 19.5. The number of aryl methyl sites for hydroxylation is 1. The second-order valence-electron chi connectivity index (χ2n) is 8.11. The minimum Gasteiger partial charge on any atom is -0.493 e. The number of nitrogens with zero attached hydrogens (tertiary/aromatic N) is 2. The molecule has 2 heterocycles. The van der Waals surface area contributed by atoms with Crippen molar-refractivity contribution in [1.29, 1.82) is 0 Å². The number of imidazole rings is 1. The fourth-order valence-corrected chi connectivity index (χ4v) is 5.12. The maximum atomic E-state index is 12.7. The lowest BCUT2D eigenvalue weighted by Gasteiger charge is -2.11. The summed E-state index contributed by atoms with van der Waals surface area (Å²) in [7, 11) is 5.05. The van der Waals surface area contributed by atoms with Crippen LogP contribution in [-0.4, -0.2) is 34.7 Å². The number of ether oxygens (including phenoxy) is 2. The smallest absolute Gasteiger partial charge is 0.163 e. The molecule has 0 aliphatic heterocycles. The minimum absolute atomic E-state index is 0.0666. The highest BCUT2D eigenvalue weighted by atomic mass is 32.1. The van der Waals surface area contributed by atoms with Crippen LogP contribution in [0.1, 0.15) is 46.3 Å². The highest BCUT2D eigenvalue weighted by Crippen LogP contribution is 2.37. The van der Waals surface area contributed by atoms with Gasteiger partial charge >= 0.3 is 0 Å². The topological polar surface area (TPSA) is 73.6 Å². The number of carbonyl (C=O) groups is 1. The van der Waals surface area contributed by atoms with Crippen molar-refractivity contribution in [3.05, 3.63) is 64.3 Å². The van der Waals surface area contributed by atoms with Crippen LogP contribution < -0.4 is 9.47 Å². The normalized spacial score (nSPS) is 12.2. The standard InChI is InChI=1S/C26H28N2O4S/c1-15-7-6-8-18-19(14-33-25(15)18)26-27-24(16(2)28(26)3)21(30)11-10-20(29)17-9-12-22(31-4)23(13-17)32-5/h6-9,12-14,21,30H,10-11H2,1-5H3. The molecule has 0 saturated heterocycles. The van der Waals surface area contributed by atoms with E-state index in [-0.39, 0.29) is 18.6 Å². The quantitative estimate of drug-likeness (QED) is 0.342. The third-order valence-electron chi connectivity index (χ3n) is 6.12. The Balaban J connectivity index is 1.54. The summed E-state index contributed by atoms with van der Waals surface area (Å²) in [5.74, 6) is 1.84. The van der Waals surface area contributed by atoms with E-state index in [1.54, 1.807) is 36.6 Å². The Morgan fingerprint density at radius 3 is 2.64 bits per heavy atom. The number of Topliss-reactive ketones (excluding diaryl/α,β-unsaturated/α-hetero) is 1. The van der Waals surface area contributed by atoms with E-state index in [1.807, 2.05) is 18.5 Å². The molecule has 4 aromatic rings. The first-order chi connectivity index (χ1) is 15.8. The third kappa shape index (κ3) is 4.26. The Morgan fingerprint density at radius 2 is 1.91 bits per heavy atom. The number of thiophene rings is 1. The average Bonchev–Trinajstić information content (AvgIpc) is 3.38. The highest BCUT2D eigenvalue weighted by Gasteiger charge is 2.22. The second kappa shape index (κ2) is 9.37. The number of aromatic nitrogens is 2. The van der Waals surface area contributed by atoms with Gasteiger partial charge in [0.05, 0.1) is 26.0 Å². The van der Waals surface area contributed by atoms with Crippen molar-refractivity contribution in [1.82, 2.24) is 9.55 Å². The summed E-state index contributed by atoms with van der Waals surface area (Å²) >= 11 is 1.71. The Bertz CT molecular complexity index is 1320. The van der Waals surface area contributed by atoms with Crippen molar-refractivity contribution in [3.63, 3.8) is 0 Å². The van der Waals surface area contributed by atoms with Crippen LogP contribution in [0.25, 0.3) is 21.5 Å². The number of aliphatic hydroxyl groups excluding tert-OH is 1. The SMILES string of the molecule is COc1ccc(C(=O)CCC(O)c2nc(-c3csc4c(C)cccc34)n(C)c2C)cc1OC. The minimum atomic E-state index is -0.833. The van der Waals surface area contributed by atoms with Crippen LogP contribution in [-0.2, 0) is 7.05 Å². The summed E-state index contributed by atoms with van der Waals surface area (Å²) in [6.07, 6.45) is -0.350. The molecule has 2 aromatic heterocycles. The van der Waals surface area contributed by atoms with E-state index in [2.05, 4.69) is 30.5 Å². The number of benzene rings is 2. The molecule has 0 saturated carbocycles. The molecule has 0 aliphatic rings. The summed E-state index contributed by atoms with van der Waals surface area (Å²) in [5.41, 5.74) is 4.33.